The summed E-state index contributed by atoms with van der Waals surface area (Å²) in [5, 5.41) is -0.685. The molecule has 0 rings (SSSR count). The van der Waals surface area contributed by atoms with Crippen LogP contribution in [0.5, 0.6) is 0 Å². The minimum Gasteiger partial charge on any atom is -0.279 e. The van der Waals surface area contributed by atoms with Crippen LogP contribution in [-0.2, 0) is 14.8 Å². The second kappa shape index (κ2) is 4.20. The average Bonchev–Trinajstić information content (AvgIpc) is 1.79. The van der Waals surface area contributed by atoms with Gasteiger partial charge in [0.2, 0.25) is 15.3 Å². The Balaban J connectivity index is 4.46. The largest absolute Gasteiger partial charge is 0.279 e. The summed E-state index contributed by atoms with van der Waals surface area (Å²) in [6, 6.07) is -0.832. The van der Waals surface area contributed by atoms with Crippen molar-refractivity contribution < 1.29 is 13.2 Å². The third kappa shape index (κ3) is 4.69. The van der Waals surface area contributed by atoms with Crippen LogP contribution in [0.15, 0.2) is 0 Å². The zero-order valence-electron chi connectivity index (χ0n) is 7.17. The zero-order chi connectivity index (χ0) is 9.94. The van der Waals surface area contributed by atoms with Crippen LogP contribution in [0, 0.1) is 5.92 Å². The van der Waals surface area contributed by atoms with E-state index in [1.807, 2.05) is 0 Å². The molecule has 6 heteroatoms. The molecule has 0 saturated carbocycles. The van der Waals surface area contributed by atoms with Crippen LogP contribution < -0.4 is 4.72 Å². The Bertz CT molecular complexity index is 260. The topological polar surface area (TPSA) is 63.2 Å². The fourth-order valence-corrected chi connectivity index (χ4v) is 1.89. The minimum atomic E-state index is -3.37. The van der Waals surface area contributed by atoms with E-state index >= 15 is 0 Å². The third-order valence-electron chi connectivity index (χ3n) is 1.25. The Labute approximate surface area is 77.3 Å². The lowest BCUT2D eigenvalue weighted by Gasteiger charge is -2.16. The van der Waals surface area contributed by atoms with Crippen molar-refractivity contribution in [2.24, 2.45) is 5.92 Å². The summed E-state index contributed by atoms with van der Waals surface area (Å²) in [5.74, 6) is -0.148. The van der Waals surface area contributed by atoms with Gasteiger partial charge in [-0.3, -0.25) is 4.79 Å². The standard InChI is InChI=1S/C6H12ClNO3S/c1-4(2)5(6(7)9)8-12(3,10)11/h4-5,8H,1-3H3/t5-/m0/s1. The van der Waals surface area contributed by atoms with E-state index in [0.29, 0.717) is 0 Å². The van der Waals surface area contributed by atoms with Gasteiger partial charge in [-0.15, -0.1) is 0 Å². The van der Waals surface area contributed by atoms with Crippen LogP contribution >= 0.6 is 11.6 Å². The number of halogens is 1. The molecule has 0 aromatic rings. The Morgan fingerprint density at radius 1 is 1.42 bits per heavy atom. The van der Waals surface area contributed by atoms with Crippen molar-refractivity contribution in [3.63, 3.8) is 0 Å². The van der Waals surface area contributed by atoms with Gasteiger partial charge in [-0.2, -0.15) is 0 Å². The van der Waals surface area contributed by atoms with Gasteiger partial charge >= 0.3 is 0 Å². The molecule has 0 aliphatic heterocycles. The molecule has 0 aromatic heterocycles. The highest BCUT2D eigenvalue weighted by molar-refractivity contribution is 7.88. The molecule has 0 saturated heterocycles. The van der Waals surface area contributed by atoms with E-state index in [2.05, 4.69) is 4.72 Å². The van der Waals surface area contributed by atoms with Crippen LogP contribution in [-0.4, -0.2) is 26.0 Å². The van der Waals surface area contributed by atoms with Crippen molar-refractivity contribution in [3.05, 3.63) is 0 Å². The molecule has 0 fully saturated rings. The summed E-state index contributed by atoms with van der Waals surface area (Å²) in [6.45, 7) is 3.42. The van der Waals surface area contributed by atoms with E-state index in [0.717, 1.165) is 6.26 Å². The monoisotopic (exact) mass is 213 g/mol. The van der Waals surface area contributed by atoms with Gasteiger partial charge in [0, 0.05) is 0 Å². The van der Waals surface area contributed by atoms with Gasteiger partial charge < -0.3 is 0 Å². The fraction of sp³-hybridized carbons (Fsp3) is 0.833. The first-order valence-electron chi connectivity index (χ1n) is 3.40. The highest BCUT2D eigenvalue weighted by atomic mass is 35.5. The Hall–Kier alpha value is -0.130. The predicted octanol–water partition coefficient (Wildman–Crippen LogP) is 0.326. The second-order valence-electron chi connectivity index (χ2n) is 2.92. The van der Waals surface area contributed by atoms with E-state index in [1.165, 1.54) is 0 Å². The first-order chi connectivity index (χ1) is 5.24. The predicted molar refractivity (Wildman–Crippen MR) is 47.5 cm³/mol. The second-order valence-corrected chi connectivity index (χ2v) is 5.07. The van der Waals surface area contributed by atoms with Gasteiger partial charge in [0.05, 0.1) is 12.3 Å². The third-order valence-corrected chi connectivity index (χ3v) is 2.17. The van der Waals surface area contributed by atoms with Crippen molar-refractivity contribution in [2.45, 2.75) is 19.9 Å². The quantitative estimate of drug-likeness (QED) is 0.685. The molecule has 0 heterocycles. The number of sulfonamides is 1. The number of carbonyl (C=O) groups is 1. The lowest BCUT2D eigenvalue weighted by atomic mass is 10.1. The van der Waals surface area contributed by atoms with Gasteiger partial charge in [-0.1, -0.05) is 13.8 Å². The molecule has 0 aliphatic carbocycles. The molecule has 0 spiro atoms. The molecular formula is C6H12ClNO3S. The molecule has 0 aromatic carbocycles. The summed E-state index contributed by atoms with van der Waals surface area (Å²) in [5.41, 5.74) is 0. The van der Waals surface area contributed by atoms with Gasteiger partial charge in [-0.05, 0) is 17.5 Å². The summed E-state index contributed by atoms with van der Waals surface area (Å²) in [6.07, 6.45) is 0.988. The van der Waals surface area contributed by atoms with Gasteiger partial charge in [0.15, 0.2) is 0 Å². The zero-order valence-corrected chi connectivity index (χ0v) is 8.74. The fourth-order valence-electron chi connectivity index (χ4n) is 0.675. The van der Waals surface area contributed by atoms with Crippen LogP contribution in [0.3, 0.4) is 0 Å². The maximum atomic E-state index is 10.7. The highest BCUT2D eigenvalue weighted by Crippen LogP contribution is 2.06. The van der Waals surface area contributed by atoms with Crippen molar-refractivity contribution in [3.8, 4) is 0 Å². The van der Waals surface area contributed by atoms with Crippen LogP contribution in [0.4, 0.5) is 0 Å². The summed E-state index contributed by atoms with van der Waals surface area (Å²) < 4.78 is 23.6. The molecule has 0 aliphatic rings. The number of hydrogen-bond donors (Lipinski definition) is 1. The minimum absolute atomic E-state index is 0.148. The lowest BCUT2D eigenvalue weighted by Crippen LogP contribution is -2.41. The molecule has 12 heavy (non-hydrogen) atoms. The Kier molecular flexibility index (Phi) is 4.16. The summed E-state index contributed by atoms with van der Waals surface area (Å²) in [4.78, 5) is 10.7. The molecule has 0 unspecified atom stereocenters. The van der Waals surface area contributed by atoms with E-state index < -0.39 is 21.3 Å². The number of rotatable bonds is 4. The van der Waals surface area contributed by atoms with Crippen molar-refractivity contribution in [2.75, 3.05) is 6.26 Å². The van der Waals surface area contributed by atoms with Crippen molar-refractivity contribution >= 4 is 26.9 Å². The van der Waals surface area contributed by atoms with E-state index in [1.54, 1.807) is 13.8 Å². The molecule has 0 radical (unpaired) electrons. The molecule has 1 atom stereocenters. The normalized spacial score (nSPS) is 14.8. The SMILES string of the molecule is CC(C)[C@H](NS(C)(=O)=O)C(=O)Cl. The molecule has 0 bridgehead atoms. The van der Waals surface area contributed by atoms with E-state index in [-0.39, 0.29) is 5.92 Å². The van der Waals surface area contributed by atoms with Gasteiger partial charge in [0.1, 0.15) is 0 Å². The smallest absolute Gasteiger partial charge is 0.239 e. The first kappa shape index (κ1) is 11.9. The molecular weight excluding hydrogens is 202 g/mol. The molecule has 0 amide bonds. The molecule has 72 valence electrons. The molecule has 4 nitrogen and oxygen atoms in total. The number of hydrogen-bond acceptors (Lipinski definition) is 3. The summed E-state index contributed by atoms with van der Waals surface area (Å²) in [7, 11) is -3.37. The van der Waals surface area contributed by atoms with Crippen LogP contribution in [0.25, 0.3) is 0 Å². The Morgan fingerprint density at radius 3 is 1.92 bits per heavy atom. The summed E-state index contributed by atoms with van der Waals surface area (Å²) >= 11 is 5.18. The average molecular weight is 214 g/mol. The van der Waals surface area contributed by atoms with Crippen LogP contribution in [0.1, 0.15) is 13.8 Å². The number of nitrogens with one attached hydrogen (secondary N) is 1. The van der Waals surface area contributed by atoms with Gasteiger partial charge in [0.25, 0.3) is 0 Å². The van der Waals surface area contributed by atoms with E-state index in [9.17, 15) is 13.2 Å². The van der Waals surface area contributed by atoms with Crippen LogP contribution in [0.2, 0.25) is 0 Å². The van der Waals surface area contributed by atoms with Crippen molar-refractivity contribution in [1.29, 1.82) is 0 Å². The van der Waals surface area contributed by atoms with Crippen molar-refractivity contribution in [1.82, 2.24) is 4.72 Å². The van der Waals surface area contributed by atoms with Gasteiger partial charge in [-0.25, -0.2) is 13.1 Å². The maximum Gasteiger partial charge on any atom is 0.239 e. The van der Waals surface area contributed by atoms with E-state index in [4.69, 9.17) is 11.6 Å². The maximum absolute atomic E-state index is 10.7. The molecule has 1 N–H and O–H groups in total. The Morgan fingerprint density at radius 2 is 1.83 bits per heavy atom. The first-order valence-corrected chi connectivity index (χ1v) is 5.67. The number of carbonyl (C=O) groups excluding carboxylic acids is 1. The highest BCUT2D eigenvalue weighted by Gasteiger charge is 2.23. The lowest BCUT2D eigenvalue weighted by molar-refractivity contribution is -0.113.